The van der Waals surface area contributed by atoms with Gasteiger partial charge in [-0.25, -0.2) is 4.99 Å². The van der Waals surface area contributed by atoms with Crippen LogP contribution in [0.5, 0.6) is 0 Å². The van der Waals surface area contributed by atoms with Crippen molar-refractivity contribution < 1.29 is 50.6 Å². The Labute approximate surface area is 270 Å². The van der Waals surface area contributed by atoms with E-state index in [1.807, 2.05) is 0 Å². The van der Waals surface area contributed by atoms with Crippen LogP contribution in [0.3, 0.4) is 0 Å². The number of nitrogens with two attached hydrogens (primary N) is 1. The Morgan fingerprint density at radius 1 is 0.936 bits per heavy atom. The van der Waals surface area contributed by atoms with E-state index in [1.165, 1.54) is 11.9 Å². The lowest BCUT2D eigenvalue weighted by Gasteiger charge is -2.28. The number of carbonyl (C=O) groups excluding carboxylic acids is 3. The molecule has 0 saturated heterocycles. The van der Waals surface area contributed by atoms with Crippen LogP contribution < -0.4 is 20.7 Å². The molecule has 3 amide bonds. The minimum atomic E-state index is -4.79. The molecule has 0 unspecified atom stereocenters. The Bertz CT molecular complexity index is 1460. The summed E-state index contributed by atoms with van der Waals surface area (Å²) in [5.74, 6) is -8.43. The summed E-state index contributed by atoms with van der Waals surface area (Å²) >= 11 is 0.466. The number of benzodiazepines with no additional fused rings is 1. The van der Waals surface area contributed by atoms with E-state index in [-0.39, 0.29) is 5.71 Å². The SMILES string of the molecule is CN1C(=O)[C@@H](NC(=O)[C@H](CCCC(F)(F)F)[C@H](CCC(F)(F)F)C(=O)NSC[C@H](N)C(=O)O)N=C(c2ccccc2)c2ccccc21. The molecule has 0 bridgehead atoms. The van der Waals surface area contributed by atoms with Gasteiger partial charge in [-0.2, -0.15) is 26.3 Å². The Kier molecular flexibility index (Phi) is 12.8. The zero-order chi connectivity index (χ0) is 34.9. The molecule has 4 atom stereocenters. The molecule has 1 aliphatic rings. The molecule has 3 rings (SSSR count). The lowest BCUT2D eigenvalue weighted by Crippen LogP contribution is -2.50. The number of benzene rings is 2. The molecule has 0 spiro atoms. The number of carboxylic acid groups (broad SMARTS) is 1. The van der Waals surface area contributed by atoms with E-state index in [2.05, 4.69) is 15.0 Å². The number of hydrogen-bond donors (Lipinski definition) is 4. The summed E-state index contributed by atoms with van der Waals surface area (Å²) in [5.41, 5.74) is 7.19. The number of aliphatic carboxylic acids is 1. The van der Waals surface area contributed by atoms with Gasteiger partial charge in [0.05, 0.1) is 17.3 Å². The van der Waals surface area contributed by atoms with Gasteiger partial charge in [0.1, 0.15) is 6.04 Å². The van der Waals surface area contributed by atoms with E-state index in [4.69, 9.17) is 10.8 Å². The lowest BCUT2D eigenvalue weighted by atomic mass is 9.83. The number of amides is 3. The Hall–Kier alpha value is -4.12. The smallest absolute Gasteiger partial charge is 0.389 e. The zero-order valence-electron chi connectivity index (χ0n) is 25.0. The maximum atomic E-state index is 13.8. The van der Waals surface area contributed by atoms with Gasteiger partial charge in [0.15, 0.2) is 0 Å². The summed E-state index contributed by atoms with van der Waals surface area (Å²) < 4.78 is 81.3. The monoisotopic (exact) mass is 689 g/mol. The van der Waals surface area contributed by atoms with E-state index in [1.54, 1.807) is 54.6 Å². The molecule has 17 heteroatoms. The van der Waals surface area contributed by atoms with Crippen LogP contribution in [-0.4, -0.2) is 71.9 Å². The van der Waals surface area contributed by atoms with Crippen molar-refractivity contribution in [2.45, 2.75) is 56.7 Å². The average molecular weight is 690 g/mol. The fourth-order valence-corrected chi connectivity index (χ4v) is 5.60. The maximum Gasteiger partial charge on any atom is 0.389 e. The van der Waals surface area contributed by atoms with Crippen molar-refractivity contribution >= 4 is 47.0 Å². The third-order valence-electron chi connectivity index (χ3n) is 7.30. The first-order valence-corrected chi connectivity index (χ1v) is 15.3. The van der Waals surface area contributed by atoms with Gasteiger partial charge >= 0.3 is 18.3 Å². The lowest BCUT2D eigenvalue weighted by molar-refractivity contribution is -0.147. The molecule has 47 heavy (non-hydrogen) atoms. The number of fused-ring (bicyclic) bond motifs is 1. The molecule has 2 aromatic rings. The van der Waals surface area contributed by atoms with Gasteiger partial charge in [-0.1, -0.05) is 48.5 Å². The molecular weight excluding hydrogens is 656 g/mol. The molecule has 0 radical (unpaired) electrons. The predicted octanol–water partition coefficient (Wildman–Crippen LogP) is 4.43. The summed E-state index contributed by atoms with van der Waals surface area (Å²) in [6.45, 7) is 0. The molecule has 0 fully saturated rings. The van der Waals surface area contributed by atoms with Gasteiger partial charge in [0, 0.05) is 42.7 Å². The maximum absolute atomic E-state index is 13.8. The van der Waals surface area contributed by atoms with Crippen LogP contribution in [0.25, 0.3) is 0 Å². The van der Waals surface area contributed by atoms with Gasteiger partial charge in [-0.05, 0) is 37.3 Å². The summed E-state index contributed by atoms with van der Waals surface area (Å²) in [6, 6.07) is 13.8. The van der Waals surface area contributed by atoms with Crippen molar-refractivity contribution in [2.75, 3.05) is 17.7 Å². The van der Waals surface area contributed by atoms with E-state index >= 15 is 0 Å². The molecule has 2 aromatic carbocycles. The molecule has 1 heterocycles. The van der Waals surface area contributed by atoms with E-state index in [9.17, 15) is 45.5 Å². The van der Waals surface area contributed by atoms with Gasteiger partial charge < -0.3 is 21.1 Å². The van der Waals surface area contributed by atoms with Gasteiger partial charge in [-0.3, -0.25) is 23.9 Å². The van der Waals surface area contributed by atoms with E-state index in [0.717, 1.165) is 0 Å². The number of carbonyl (C=O) groups is 4. The van der Waals surface area contributed by atoms with Gasteiger partial charge in [0.25, 0.3) is 5.91 Å². The van der Waals surface area contributed by atoms with Crippen molar-refractivity contribution in [1.29, 1.82) is 0 Å². The average Bonchev–Trinajstić information content (AvgIpc) is 3.10. The predicted molar refractivity (Wildman–Crippen MR) is 162 cm³/mol. The van der Waals surface area contributed by atoms with E-state index in [0.29, 0.717) is 28.8 Å². The molecule has 0 aromatic heterocycles. The summed E-state index contributed by atoms with van der Waals surface area (Å²) in [7, 11) is 1.42. The van der Waals surface area contributed by atoms with Crippen LogP contribution in [0, 0.1) is 11.8 Å². The Balaban J connectivity index is 1.99. The summed E-state index contributed by atoms with van der Waals surface area (Å²) in [4.78, 5) is 57.3. The first-order valence-electron chi connectivity index (χ1n) is 14.3. The Morgan fingerprint density at radius 3 is 2.15 bits per heavy atom. The number of hydrogen-bond acceptors (Lipinski definition) is 7. The van der Waals surface area contributed by atoms with Crippen molar-refractivity contribution in [3.63, 3.8) is 0 Å². The normalized spacial score (nSPS) is 17.1. The quantitative estimate of drug-likeness (QED) is 0.169. The van der Waals surface area contributed by atoms with Gasteiger partial charge in [-0.15, -0.1) is 0 Å². The third-order valence-corrected chi connectivity index (χ3v) is 8.17. The standard InChI is InChI=1S/C30H33F6N5O5S/c1-41-22-12-6-5-10-20(22)23(17-8-3-2-4-9-17)38-24(27(41)44)39-25(42)18(11-7-14-29(31,32)33)19(13-15-30(34,35)36)26(43)40-47-16-21(37)28(45)46/h2-6,8-10,12,18-19,21,24H,7,11,13-16,37H2,1H3,(H,39,42)(H,40,43)(H,45,46)/t18-,19+,21+,24-/m1/s1. The van der Waals surface area contributed by atoms with Crippen LogP contribution >= 0.6 is 11.9 Å². The second-order valence-corrected chi connectivity index (χ2v) is 11.6. The zero-order valence-corrected chi connectivity index (χ0v) is 25.8. The number of halogens is 6. The molecule has 5 N–H and O–H groups in total. The topological polar surface area (TPSA) is 154 Å². The highest BCUT2D eigenvalue weighted by Gasteiger charge is 2.40. The van der Waals surface area contributed by atoms with Crippen LogP contribution in [-0.2, 0) is 19.2 Å². The fraction of sp³-hybridized carbons (Fsp3) is 0.433. The number of likely N-dealkylation sites (N-methyl/N-ethyl adjacent to an activating group) is 1. The molecule has 0 saturated carbocycles. The molecular formula is C30H33F6N5O5S. The highest BCUT2D eigenvalue weighted by Crippen LogP contribution is 2.33. The number of nitrogens with one attached hydrogen (secondary N) is 2. The van der Waals surface area contributed by atoms with Crippen molar-refractivity contribution in [1.82, 2.24) is 10.0 Å². The van der Waals surface area contributed by atoms with Crippen LogP contribution in [0.15, 0.2) is 59.6 Å². The van der Waals surface area contributed by atoms with Gasteiger partial charge in [0.2, 0.25) is 18.0 Å². The number of alkyl halides is 6. The third kappa shape index (κ3) is 11.0. The largest absolute Gasteiger partial charge is 0.480 e. The van der Waals surface area contributed by atoms with Crippen LogP contribution in [0.1, 0.15) is 43.2 Å². The number of rotatable bonds is 14. The first-order chi connectivity index (χ1) is 22.0. The van der Waals surface area contributed by atoms with Crippen molar-refractivity contribution in [3.8, 4) is 0 Å². The number of carboxylic acids is 1. The second-order valence-electron chi connectivity index (χ2n) is 10.8. The number of aliphatic imine (C=N–C) groups is 1. The Morgan fingerprint density at radius 2 is 1.53 bits per heavy atom. The number of nitrogens with zero attached hydrogens (tertiary/aromatic N) is 2. The van der Waals surface area contributed by atoms with Crippen LogP contribution in [0.2, 0.25) is 0 Å². The summed E-state index contributed by atoms with van der Waals surface area (Å²) in [6.07, 6.45) is -16.4. The number of para-hydroxylation sites is 1. The highest BCUT2D eigenvalue weighted by molar-refractivity contribution is 7.98. The van der Waals surface area contributed by atoms with E-state index < -0.39 is 97.9 Å². The summed E-state index contributed by atoms with van der Waals surface area (Å²) in [5, 5.41) is 11.3. The number of anilines is 1. The second kappa shape index (κ2) is 16.1. The molecule has 256 valence electrons. The minimum absolute atomic E-state index is 0.287. The highest BCUT2D eigenvalue weighted by atomic mass is 32.2. The fourth-order valence-electron chi connectivity index (χ4n) is 4.91. The van der Waals surface area contributed by atoms with Crippen molar-refractivity contribution in [3.05, 3.63) is 65.7 Å². The first kappa shape index (κ1) is 37.3. The molecule has 1 aliphatic heterocycles. The molecule has 10 nitrogen and oxygen atoms in total. The molecule has 0 aliphatic carbocycles. The van der Waals surface area contributed by atoms with Crippen molar-refractivity contribution in [2.24, 2.45) is 22.6 Å². The minimum Gasteiger partial charge on any atom is -0.480 e. The van der Waals surface area contributed by atoms with Crippen LogP contribution in [0.4, 0.5) is 32.0 Å².